The third kappa shape index (κ3) is 3.91. The number of rotatable bonds is 6. The van der Waals surface area contributed by atoms with Crippen molar-refractivity contribution in [3.05, 3.63) is 65.7 Å². The normalized spacial score (nSPS) is 14.9. The van der Waals surface area contributed by atoms with Crippen LogP contribution < -0.4 is 5.32 Å². The lowest BCUT2D eigenvalue weighted by Crippen LogP contribution is -2.39. The SMILES string of the molecule is CC(=O)c1ccccc1NC(=O)CN1C(=O)C(=O)N(C(C)c2ccccc2)C1=O. The van der Waals surface area contributed by atoms with Crippen LogP contribution in [0.1, 0.15) is 35.8 Å². The molecule has 8 heteroatoms. The molecule has 1 aliphatic rings. The van der Waals surface area contributed by atoms with Gasteiger partial charge in [-0.2, -0.15) is 0 Å². The molecule has 1 saturated heterocycles. The quantitative estimate of drug-likeness (QED) is 0.461. The summed E-state index contributed by atoms with van der Waals surface area (Å²) >= 11 is 0. The average Bonchev–Trinajstić information content (AvgIpc) is 2.91. The fourth-order valence-electron chi connectivity index (χ4n) is 3.12. The van der Waals surface area contributed by atoms with Gasteiger partial charge in [-0.15, -0.1) is 0 Å². The van der Waals surface area contributed by atoms with E-state index in [-0.39, 0.29) is 11.5 Å². The number of nitrogens with zero attached hydrogens (tertiary/aromatic N) is 2. The fourth-order valence-corrected chi connectivity index (χ4v) is 3.12. The minimum absolute atomic E-state index is 0.243. The summed E-state index contributed by atoms with van der Waals surface area (Å²) in [5.74, 6) is -2.98. The molecular formula is C21H19N3O5. The lowest BCUT2D eigenvalue weighted by Gasteiger charge is -2.22. The van der Waals surface area contributed by atoms with Gasteiger partial charge < -0.3 is 5.32 Å². The monoisotopic (exact) mass is 393 g/mol. The molecule has 1 heterocycles. The van der Waals surface area contributed by atoms with Gasteiger partial charge >= 0.3 is 17.8 Å². The Labute approximate surface area is 167 Å². The number of ketones is 1. The number of nitrogens with one attached hydrogen (secondary N) is 1. The van der Waals surface area contributed by atoms with Gasteiger partial charge in [0.25, 0.3) is 0 Å². The molecule has 0 spiro atoms. The molecule has 0 aromatic heterocycles. The number of amides is 5. The molecule has 29 heavy (non-hydrogen) atoms. The number of carbonyl (C=O) groups excluding carboxylic acids is 5. The molecule has 2 aromatic carbocycles. The minimum atomic E-state index is -1.06. The van der Waals surface area contributed by atoms with Gasteiger partial charge in [0.05, 0.1) is 11.7 Å². The maximum absolute atomic E-state index is 12.7. The Morgan fingerprint density at radius 1 is 0.931 bits per heavy atom. The van der Waals surface area contributed by atoms with Crippen molar-refractivity contribution in [3.8, 4) is 0 Å². The van der Waals surface area contributed by atoms with E-state index >= 15 is 0 Å². The van der Waals surface area contributed by atoms with Gasteiger partial charge in [-0.05, 0) is 31.5 Å². The van der Waals surface area contributed by atoms with Crippen LogP contribution in [0, 0.1) is 0 Å². The molecule has 0 radical (unpaired) electrons. The molecule has 1 unspecified atom stereocenters. The largest absolute Gasteiger partial charge is 0.335 e. The van der Waals surface area contributed by atoms with Gasteiger partial charge in [0.2, 0.25) is 5.91 Å². The zero-order valence-electron chi connectivity index (χ0n) is 15.9. The Morgan fingerprint density at radius 2 is 1.55 bits per heavy atom. The Balaban J connectivity index is 1.75. The van der Waals surface area contributed by atoms with E-state index in [1.165, 1.54) is 13.0 Å². The van der Waals surface area contributed by atoms with Crippen molar-refractivity contribution in [1.82, 2.24) is 9.80 Å². The van der Waals surface area contributed by atoms with Crippen LogP contribution in [0.5, 0.6) is 0 Å². The zero-order chi connectivity index (χ0) is 21.1. The molecule has 148 valence electrons. The predicted molar refractivity (Wildman–Crippen MR) is 104 cm³/mol. The number of carbonyl (C=O) groups is 5. The van der Waals surface area contributed by atoms with Crippen molar-refractivity contribution >= 4 is 35.2 Å². The van der Waals surface area contributed by atoms with E-state index in [1.54, 1.807) is 55.5 Å². The highest BCUT2D eigenvalue weighted by Gasteiger charge is 2.47. The van der Waals surface area contributed by atoms with Crippen LogP contribution >= 0.6 is 0 Å². The van der Waals surface area contributed by atoms with Crippen molar-refractivity contribution in [1.29, 1.82) is 0 Å². The Hall–Kier alpha value is -3.81. The van der Waals surface area contributed by atoms with E-state index in [0.29, 0.717) is 16.0 Å². The molecule has 5 amide bonds. The number of anilines is 1. The number of hydrogen-bond donors (Lipinski definition) is 1. The van der Waals surface area contributed by atoms with Gasteiger partial charge in [-0.1, -0.05) is 42.5 Å². The van der Waals surface area contributed by atoms with Gasteiger partial charge in [0.15, 0.2) is 5.78 Å². The summed E-state index contributed by atoms with van der Waals surface area (Å²) in [5.41, 5.74) is 1.25. The average molecular weight is 393 g/mol. The molecule has 0 bridgehead atoms. The smallest absolute Gasteiger partial charge is 0.324 e. The van der Waals surface area contributed by atoms with Crippen LogP contribution in [-0.2, 0) is 14.4 Å². The van der Waals surface area contributed by atoms with Crippen molar-refractivity contribution < 1.29 is 24.0 Å². The molecule has 1 N–H and O–H groups in total. The van der Waals surface area contributed by atoms with Crippen LogP contribution in [0.2, 0.25) is 0 Å². The summed E-state index contributed by atoms with van der Waals surface area (Å²) in [4.78, 5) is 62.9. The highest BCUT2D eigenvalue weighted by molar-refractivity contribution is 6.45. The molecule has 8 nitrogen and oxygen atoms in total. The number of hydrogen-bond acceptors (Lipinski definition) is 5. The molecular weight excluding hydrogens is 374 g/mol. The number of urea groups is 1. The van der Waals surface area contributed by atoms with Gasteiger partial charge in [-0.25, -0.2) is 14.6 Å². The maximum atomic E-state index is 12.7. The first-order chi connectivity index (χ1) is 13.8. The molecule has 0 aliphatic carbocycles. The minimum Gasteiger partial charge on any atom is -0.324 e. The Bertz CT molecular complexity index is 1000. The number of benzene rings is 2. The first kappa shape index (κ1) is 19.9. The Kier molecular flexibility index (Phi) is 5.54. The highest BCUT2D eigenvalue weighted by atomic mass is 16.2. The molecule has 1 fully saturated rings. The standard InChI is InChI=1S/C21H19N3O5/c1-13(15-8-4-3-5-9-15)24-20(28)19(27)23(21(24)29)12-18(26)22-17-11-7-6-10-16(17)14(2)25/h3-11,13H,12H2,1-2H3,(H,22,26). The van der Waals surface area contributed by atoms with Crippen molar-refractivity contribution in [2.45, 2.75) is 19.9 Å². The lowest BCUT2D eigenvalue weighted by molar-refractivity contribution is -0.144. The van der Waals surface area contributed by atoms with E-state index in [2.05, 4.69) is 5.32 Å². The van der Waals surface area contributed by atoms with E-state index in [9.17, 15) is 24.0 Å². The van der Waals surface area contributed by atoms with E-state index < -0.39 is 36.3 Å². The fraction of sp³-hybridized carbons (Fsp3) is 0.190. The van der Waals surface area contributed by atoms with Gasteiger partial charge in [0.1, 0.15) is 6.54 Å². The van der Waals surface area contributed by atoms with Crippen molar-refractivity contribution in [2.24, 2.45) is 0 Å². The number of para-hydroxylation sites is 1. The van der Waals surface area contributed by atoms with Gasteiger partial charge in [-0.3, -0.25) is 19.2 Å². The van der Waals surface area contributed by atoms with Crippen LogP contribution in [0.4, 0.5) is 10.5 Å². The van der Waals surface area contributed by atoms with Gasteiger partial charge in [0, 0.05) is 5.56 Å². The zero-order valence-corrected chi connectivity index (χ0v) is 15.9. The van der Waals surface area contributed by atoms with Crippen molar-refractivity contribution in [3.63, 3.8) is 0 Å². The summed E-state index contributed by atoms with van der Waals surface area (Å²) in [5, 5.41) is 2.51. The number of Topliss-reactive ketones (excluding diaryl/α,β-unsaturated/α-hetero) is 1. The summed E-state index contributed by atoms with van der Waals surface area (Å²) in [6.07, 6.45) is 0. The molecule has 1 atom stereocenters. The third-order valence-electron chi connectivity index (χ3n) is 4.64. The second-order valence-electron chi connectivity index (χ2n) is 6.59. The second-order valence-corrected chi connectivity index (χ2v) is 6.59. The highest BCUT2D eigenvalue weighted by Crippen LogP contribution is 2.26. The van der Waals surface area contributed by atoms with Crippen LogP contribution in [-0.4, -0.2) is 45.9 Å². The van der Waals surface area contributed by atoms with Crippen LogP contribution in [0.3, 0.4) is 0 Å². The summed E-state index contributed by atoms with van der Waals surface area (Å²) in [7, 11) is 0. The van der Waals surface area contributed by atoms with E-state index in [1.807, 2.05) is 0 Å². The Morgan fingerprint density at radius 3 is 2.21 bits per heavy atom. The number of imide groups is 2. The van der Waals surface area contributed by atoms with Crippen LogP contribution in [0.15, 0.2) is 54.6 Å². The lowest BCUT2D eigenvalue weighted by atomic mass is 10.1. The van der Waals surface area contributed by atoms with Crippen LogP contribution in [0.25, 0.3) is 0 Å². The first-order valence-electron chi connectivity index (χ1n) is 8.95. The van der Waals surface area contributed by atoms with E-state index in [4.69, 9.17) is 0 Å². The maximum Gasteiger partial charge on any atom is 0.335 e. The van der Waals surface area contributed by atoms with Crippen molar-refractivity contribution in [2.75, 3.05) is 11.9 Å². The topological polar surface area (TPSA) is 104 Å². The third-order valence-corrected chi connectivity index (χ3v) is 4.64. The molecule has 1 aliphatic heterocycles. The predicted octanol–water partition coefficient (Wildman–Crippen LogP) is 2.38. The summed E-state index contributed by atoms with van der Waals surface area (Å²) in [6, 6.07) is 13.7. The summed E-state index contributed by atoms with van der Waals surface area (Å²) in [6.45, 7) is 2.36. The van der Waals surface area contributed by atoms with E-state index in [0.717, 1.165) is 4.90 Å². The summed E-state index contributed by atoms with van der Waals surface area (Å²) < 4.78 is 0. The second kappa shape index (κ2) is 8.05. The molecule has 2 aromatic rings. The molecule has 3 rings (SSSR count). The first-order valence-corrected chi connectivity index (χ1v) is 8.95. The molecule has 0 saturated carbocycles.